The molecule has 1 saturated heterocycles. The van der Waals surface area contributed by atoms with Gasteiger partial charge in [0.05, 0.1) is 5.54 Å². The molecular formula is C23H24F6N2O6S. The predicted octanol–water partition coefficient (Wildman–Crippen LogP) is 6.65. The lowest BCUT2D eigenvalue weighted by Crippen LogP contribution is -2.52. The van der Waals surface area contributed by atoms with Crippen LogP contribution in [0.15, 0.2) is 42.5 Å². The number of hydrogen-bond acceptors (Lipinski definition) is 5. The highest BCUT2D eigenvalue weighted by Gasteiger charge is 2.55. The number of halogens is 6. The highest BCUT2D eigenvalue weighted by molar-refractivity contribution is 7.93. The van der Waals surface area contributed by atoms with Crippen LogP contribution in [0.2, 0.25) is 0 Å². The van der Waals surface area contributed by atoms with Crippen molar-refractivity contribution in [3.05, 3.63) is 48.0 Å². The maximum absolute atomic E-state index is 13.0. The molecule has 15 heteroatoms. The molecule has 1 aliphatic heterocycles. The van der Waals surface area contributed by atoms with E-state index in [1.807, 2.05) is 0 Å². The van der Waals surface area contributed by atoms with Gasteiger partial charge in [-0.15, -0.1) is 13.2 Å². The van der Waals surface area contributed by atoms with E-state index in [4.69, 9.17) is 4.74 Å². The lowest BCUT2D eigenvalue weighted by atomic mass is 9.67. The molecule has 1 aliphatic rings. The van der Waals surface area contributed by atoms with Gasteiger partial charge in [-0.25, -0.2) is 4.79 Å². The third-order valence-corrected chi connectivity index (χ3v) is 7.23. The Kier molecular flexibility index (Phi) is 7.49. The highest BCUT2D eigenvalue weighted by Crippen LogP contribution is 2.54. The molecule has 0 aliphatic carbocycles. The molecule has 0 saturated carbocycles. The first-order valence-electron chi connectivity index (χ1n) is 11.0. The quantitative estimate of drug-likeness (QED) is 0.377. The SMILES string of the molecule is CC(C)(C)C1(c2cc(NS(=O)(=O)C(F)(F)F)ccc2Oc2ccc(OC(F)(F)F)cc2)CCCN1C(=O)O. The van der Waals surface area contributed by atoms with Crippen molar-refractivity contribution in [3.63, 3.8) is 0 Å². The number of nitrogens with zero attached hydrogens (tertiary/aromatic N) is 1. The fourth-order valence-electron chi connectivity index (χ4n) is 4.60. The number of carboxylic acid groups (broad SMARTS) is 1. The van der Waals surface area contributed by atoms with Gasteiger partial charge < -0.3 is 14.6 Å². The Hall–Kier alpha value is -3.36. The van der Waals surface area contributed by atoms with E-state index in [-0.39, 0.29) is 30.0 Å². The summed E-state index contributed by atoms with van der Waals surface area (Å²) in [6, 6.07) is 7.50. The van der Waals surface area contributed by atoms with Gasteiger partial charge in [0.15, 0.2) is 0 Å². The van der Waals surface area contributed by atoms with Crippen LogP contribution < -0.4 is 14.2 Å². The normalized spacial score (nSPS) is 18.8. The molecule has 8 nitrogen and oxygen atoms in total. The Labute approximate surface area is 214 Å². The van der Waals surface area contributed by atoms with Gasteiger partial charge in [-0.1, -0.05) is 20.8 Å². The Balaban J connectivity index is 2.15. The minimum Gasteiger partial charge on any atom is -0.465 e. The predicted molar refractivity (Wildman–Crippen MR) is 123 cm³/mol. The number of nitrogens with one attached hydrogen (secondary N) is 1. The number of benzene rings is 2. The second kappa shape index (κ2) is 9.75. The van der Waals surface area contributed by atoms with Crippen molar-refractivity contribution in [2.45, 2.75) is 51.0 Å². The largest absolute Gasteiger partial charge is 0.573 e. The highest BCUT2D eigenvalue weighted by atomic mass is 32.2. The summed E-state index contributed by atoms with van der Waals surface area (Å²) in [5, 5.41) is 9.96. The lowest BCUT2D eigenvalue weighted by molar-refractivity contribution is -0.274. The first-order chi connectivity index (χ1) is 17.3. The Morgan fingerprint density at radius 3 is 2.08 bits per heavy atom. The van der Waals surface area contributed by atoms with Crippen molar-refractivity contribution >= 4 is 21.8 Å². The Morgan fingerprint density at radius 1 is 1.00 bits per heavy atom. The summed E-state index contributed by atoms with van der Waals surface area (Å²) in [5.41, 5.74) is -8.26. The van der Waals surface area contributed by atoms with Crippen LogP contribution >= 0.6 is 0 Å². The summed E-state index contributed by atoms with van der Waals surface area (Å²) in [4.78, 5) is 13.3. The molecule has 1 atom stereocenters. The zero-order chi connectivity index (χ0) is 28.7. The van der Waals surface area contributed by atoms with E-state index in [2.05, 4.69) is 4.74 Å². The van der Waals surface area contributed by atoms with Crippen LogP contribution in [0.3, 0.4) is 0 Å². The van der Waals surface area contributed by atoms with E-state index in [1.54, 1.807) is 20.8 Å². The van der Waals surface area contributed by atoms with Crippen LogP contribution in [0, 0.1) is 5.41 Å². The molecular weight excluding hydrogens is 546 g/mol. The summed E-state index contributed by atoms with van der Waals surface area (Å²) in [5.74, 6) is -0.554. The number of likely N-dealkylation sites (tertiary alicyclic amines) is 1. The van der Waals surface area contributed by atoms with Crippen LogP contribution in [0.25, 0.3) is 0 Å². The number of alkyl halides is 6. The summed E-state index contributed by atoms with van der Waals surface area (Å²) < 4.78 is 111. The van der Waals surface area contributed by atoms with Gasteiger partial charge in [0.1, 0.15) is 17.2 Å². The maximum Gasteiger partial charge on any atom is 0.573 e. The number of amides is 1. The number of hydrogen-bond donors (Lipinski definition) is 2. The second-order valence-electron chi connectivity index (χ2n) is 9.53. The maximum atomic E-state index is 13.0. The molecule has 3 rings (SSSR count). The number of rotatable bonds is 6. The van der Waals surface area contributed by atoms with Crippen LogP contribution in [-0.2, 0) is 15.6 Å². The fourth-order valence-corrected chi connectivity index (χ4v) is 5.15. The number of anilines is 1. The van der Waals surface area contributed by atoms with Gasteiger partial charge in [0.2, 0.25) is 0 Å². The van der Waals surface area contributed by atoms with Gasteiger partial charge >= 0.3 is 28.0 Å². The summed E-state index contributed by atoms with van der Waals surface area (Å²) in [7, 11) is -5.79. The monoisotopic (exact) mass is 570 g/mol. The minimum absolute atomic E-state index is 0.00771. The molecule has 1 unspecified atom stereocenters. The van der Waals surface area contributed by atoms with Crippen LogP contribution in [0.4, 0.5) is 36.8 Å². The van der Waals surface area contributed by atoms with Crippen LogP contribution in [0.5, 0.6) is 17.2 Å². The molecule has 210 valence electrons. The number of ether oxygens (including phenoxy) is 2. The minimum atomic E-state index is -5.79. The molecule has 1 fully saturated rings. The Bertz CT molecular complexity index is 1290. The van der Waals surface area contributed by atoms with Crippen molar-refractivity contribution in [2.75, 3.05) is 11.3 Å². The lowest BCUT2D eigenvalue weighted by Gasteiger charge is -2.48. The van der Waals surface area contributed by atoms with Gasteiger partial charge in [0, 0.05) is 17.8 Å². The molecule has 2 aromatic rings. The molecule has 38 heavy (non-hydrogen) atoms. The average molecular weight is 571 g/mol. The van der Waals surface area contributed by atoms with E-state index in [1.165, 1.54) is 4.72 Å². The molecule has 0 spiro atoms. The van der Waals surface area contributed by atoms with Crippen molar-refractivity contribution in [1.82, 2.24) is 4.90 Å². The zero-order valence-corrected chi connectivity index (χ0v) is 21.1. The van der Waals surface area contributed by atoms with Crippen molar-refractivity contribution in [3.8, 4) is 17.2 Å². The second-order valence-corrected chi connectivity index (χ2v) is 11.2. The van der Waals surface area contributed by atoms with Crippen LogP contribution in [-0.4, -0.2) is 42.9 Å². The van der Waals surface area contributed by atoms with E-state index in [0.29, 0.717) is 6.42 Å². The first kappa shape index (κ1) is 29.2. The average Bonchev–Trinajstić information content (AvgIpc) is 3.21. The van der Waals surface area contributed by atoms with Crippen LogP contribution in [0.1, 0.15) is 39.2 Å². The van der Waals surface area contributed by atoms with Crippen molar-refractivity contribution in [1.29, 1.82) is 0 Å². The molecule has 1 heterocycles. The molecule has 2 aromatic carbocycles. The standard InChI is InChI=1S/C23H24F6N2O6S/c1-20(2,3)21(11-4-12-31(21)19(32)33)17-13-14(30-38(34,35)23(27,28)29)5-10-18(17)36-15-6-8-16(9-7-15)37-22(24,25)26/h5-10,13,30H,4,11-12H2,1-3H3,(H,32,33). The van der Waals surface area contributed by atoms with Gasteiger partial charge in [0.25, 0.3) is 0 Å². The summed E-state index contributed by atoms with van der Waals surface area (Å²) in [6.45, 7) is 5.24. The molecule has 0 radical (unpaired) electrons. The van der Waals surface area contributed by atoms with Gasteiger partial charge in [-0.3, -0.25) is 9.62 Å². The third kappa shape index (κ3) is 5.87. The van der Waals surface area contributed by atoms with Crippen molar-refractivity contribution < 1.29 is 54.1 Å². The van der Waals surface area contributed by atoms with E-state index >= 15 is 0 Å². The first-order valence-corrected chi connectivity index (χ1v) is 12.5. The van der Waals surface area contributed by atoms with E-state index in [0.717, 1.165) is 47.4 Å². The number of sulfonamides is 1. The molecule has 1 amide bonds. The summed E-state index contributed by atoms with van der Waals surface area (Å²) in [6.07, 6.45) is -5.60. The van der Waals surface area contributed by atoms with Gasteiger partial charge in [-0.05, 0) is 60.7 Å². The third-order valence-electron chi connectivity index (χ3n) is 6.12. The molecule has 2 N–H and O–H groups in total. The van der Waals surface area contributed by atoms with E-state index in [9.17, 15) is 44.7 Å². The Morgan fingerprint density at radius 2 is 1.58 bits per heavy atom. The fraction of sp³-hybridized carbons (Fsp3) is 0.435. The molecule has 0 aromatic heterocycles. The number of carbonyl (C=O) groups is 1. The summed E-state index contributed by atoms with van der Waals surface area (Å²) >= 11 is 0. The van der Waals surface area contributed by atoms with E-state index < -0.39 is 50.4 Å². The van der Waals surface area contributed by atoms with Crippen molar-refractivity contribution in [2.24, 2.45) is 5.41 Å². The molecule has 0 bridgehead atoms. The van der Waals surface area contributed by atoms with Gasteiger partial charge in [-0.2, -0.15) is 21.6 Å². The zero-order valence-electron chi connectivity index (χ0n) is 20.3. The smallest absolute Gasteiger partial charge is 0.465 e. The topological polar surface area (TPSA) is 105 Å².